The Kier molecular flexibility index (Phi) is 5.77. The number of hydrogen-bond acceptors (Lipinski definition) is 1. The minimum Gasteiger partial charge on any atom is -0.354 e. The van der Waals surface area contributed by atoms with Gasteiger partial charge in [-0.15, -0.1) is 0 Å². The van der Waals surface area contributed by atoms with E-state index in [0.717, 1.165) is 11.6 Å². The largest absolute Gasteiger partial charge is 0.354 e. The summed E-state index contributed by atoms with van der Waals surface area (Å²) in [7, 11) is 0. The zero-order chi connectivity index (χ0) is 20.4. The molecule has 0 saturated heterocycles. The first-order valence-electron chi connectivity index (χ1n) is 9.46. The van der Waals surface area contributed by atoms with Gasteiger partial charge in [0.15, 0.2) is 0 Å². The minimum atomic E-state index is -0.660. The van der Waals surface area contributed by atoms with Crippen LogP contribution in [0.1, 0.15) is 45.1 Å². The van der Waals surface area contributed by atoms with E-state index in [0.29, 0.717) is 29.5 Å². The predicted molar refractivity (Wildman–Crippen MR) is 105 cm³/mol. The lowest BCUT2D eigenvalue weighted by molar-refractivity contribution is -0.120. The molecule has 1 aromatic heterocycles. The third kappa shape index (κ3) is 3.77. The molecule has 0 bridgehead atoms. The zero-order valence-corrected chi connectivity index (χ0v) is 16.1. The Morgan fingerprint density at radius 2 is 1.68 bits per heavy atom. The summed E-state index contributed by atoms with van der Waals surface area (Å²) in [5.41, 5.74) is 2.42. The molecule has 0 aliphatic heterocycles. The summed E-state index contributed by atoms with van der Waals surface area (Å²) in [6, 6.07) is 8.12. The van der Waals surface area contributed by atoms with Crippen LogP contribution in [-0.2, 0) is 4.79 Å². The van der Waals surface area contributed by atoms with Crippen LogP contribution in [0, 0.1) is 17.5 Å². The number of H-pyrrole nitrogens is 1. The van der Waals surface area contributed by atoms with Crippen LogP contribution < -0.4 is 5.32 Å². The van der Waals surface area contributed by atoms with Crippen molar-refractivity contribution in [3.8, 4) is 11.3 Å². The van der Waals surface area contributed by atoms with Crippen LogP contribution in [0.3, 0.4) is 0 Å². The lowest BCUT2D eigenvalue weighted by Gasteiger charge is -2.36. The number of carbonyl (C=O) groups excluding carboxylic acids is 1. The molecule has 6 heteroatoms. The lowest BCUT2D eigenvalue weighted by Crippen LogP contribution is -2.42. The van der Waals surface area contributed by atoms with Crippen molar-refractivity contribution in [2.45, 2.75) is 45.6 Å². The van der Waals surface area contributed by atoms with Gasteiger partial charge >= 0.3 is 0 Å². The summed E-state index contributed by atoms with van der Waals surface area (Å²) in [6.07, 6.45) is 1.39. The molecule has 1 heterocycles. The van der Waals surface area contributed by atoms with E-state index in [9.17, 15) is 18.0 Å². The Bertz CT molecular complexity index is 989. The number of nitrogens with one attached hydrogen (secondary N) is 2. The summed E-state index contributed by atoms with van der Waals surface area (Å²) < 4.78 is 41.4. The van der Waals surface area contributed by atoms with Crippen molar-refractivity contribution in [3.63, 3.8) is 0 Å². The highest BCUT2D eigenvalue weighted by atomic mass is 19.1. The van der Waals surface area contributed by atoms with Crippen molar-refractivity contribution in [3.05, 3.63) is 59.4 Å². The molecule has 148 valence electrons. The van der Waals surface area contributed by atoms with Crippen LogP contribution in [0.15, 0.2) is 36.4 Å². The first-order valence-corrected chi connectivity index (χ1v) is 9.46. The number of aromatic nitrogens is 1. The van der Waals surface area contributed by atoms with Gasteiger partial charge in [0.25, 0.3) is 0 Å². The second kappa shape index (κ2) is 8.09. The first kappa shape index (κ1) is 20.0. The summed E-state index contributed by atoms with van der Waals surface area (Å²) in [5, 5.41) is 3.36. The number of amides is 1. The molecule has 0 radical (unpaired) electrons. The Morgan fingerprint density at radius 3 is 2.29 bits per heavy atom. The van der Waals surface area contributed by atoms with Gasteiger partial charge in [0.1, 0.15) is 17.5 Å². The fraction of sp³-hybridized carbons (Fsp3) is 0.318. The summed E-state index contributed by atoms with van der Waals surface area (Å²) in [4.78, 5) is 14.3. The average Bonchev–Trinajstić information content (AvgIpc) is 2.99. The van der Waals surface area contributed by atoms with Crippen LogP contribution in [0.2, 0.25) is 0 Å². The quantitative estimate of drug-likeness (QED) is 0.597. The van der Waals surface area contributed by atoms with Crippen molar-refractivity contribution < 1.29 is 18.0 Å². The number of hydrogen-bond donors (Lipinski definition) is 2. The highest BCUT2D eigenvalue weighted by Crippen LogP contribution is 2.45. The van der Waals surface area contributed by atoms with Crippen LogP contribution in [0.25, 0.3) is 22.2 Å². The van der Waals surface area contributed by atoms with E-state index in [1.54, 1.807) is 12.1 Å². The van der Waals surface area contributed by atoms with E-state index >= 15 is 0 Å². The van der Waals surface area contributed by atoms with Gasteiger partial charge in [-0.2, -0.15) is 0 Å². The van der Waals surface area contributed by atoms with Crippen molar-refractivity contribution in [1.29, 1.82) is 0 Å². The maximum Gasteiger partial charge on any atom is 0.217 e. The van der Waals surface area contributed by atoms with Crippen molar-refractivity contribution in [1.82, 2.24) is 10.3 Å². The smallest absolute Gasteiger partial charge is 0.217 e. The fourth-order valence-electron chi connectivity index (χ4n) is 3.77. The molecule has 0 unspecified atom stereocenters. The van der Waals surface area contributed by atoms with E-state index in [1.165, 1.54) is 25.1 Å². The first-order chi connectivity index (χ1) is 13.4. The second-order valence-electron chi connectivity index (χ2n) is 6.80. The molecule has 28 heavy (non-hydrogen) atoms. The Labute approximate surface area is 162 Å². The van der Waals surface area contributed by atoms with E-state index in [4.69, 9.17) is 0 Å². The molecular weight excluding hydrogens is 365 g/mol. The Morgan fingerprint density at radius 1 is 1.04 bits per heavy atom. The molecule has 1 fully saturated rings. The van der Waals surface area contributed by atoms with E-state index in [-0.39, 0.29) is 29.2 Å². The number of carbonyl (C=O) groups is 1. The van der Waals surface area contributed by atoms with E-state index in [1.807, 2.05) is 13.8 Å². The topological polar surface area (TPSA) is 44.9 Å². The van der Waals surface area contributed by atoms with Gasteiger partial charge in [0.05, 0.1) is 11.2 Å². The van der Waals surface area contributed by atoms with Crippen molar-refractivity contribution >= 4 is 16.8 Å². The van der Waals surface area contributed by atoms with Gasteiger partial charge in [0.2, 0.25) is 5.91 Å². The number of fused-ring (bicyclic) bond motifs is 1. The molecule has 1 saturated carbocycles. The molecule has 1 aliphatic carbocycles. The van der Waals surface area contributed by atoms with Crippen molar-refractivity contribution in [2.24, 2.45) is 0 Å². The summed E-state index contributed by atoms with van der Waals surface area (Å²) in [5.74, 6) is -1.70. The normalized spacial score (nSPS) is 18.2. The van der Waals surface area contributed by atoms with E-state index < -0.39 is 11.6 Å². The van der Waals surface area contributed by atoms with Gasteiger partial charge in [-0.25, -0.2) is 13.2 Å². The number of benzene rings is 2. The molecular formula is C22H23F3N2O. The molecule has 4 rings (SSSR count). The third-order valence-corrected chi connectivity index (χ3v) is 4.95. The van der Waals surface area contributed by atoms with Gasteiger partial charge in [0, 0.05) is 24.4 Å². The molecule has 2 aromatic carbocycles. The standard InChI is InChI=1S/C20H17F3N2O.C2H6/c1-10(26)24-15-6-12(7-15)18-16-8-14(22)9-17(23)20(16)25-19(18)11-2-4-13(21)5-3-11;1-2/h2-5,8-9,12,15,25H,6-7H2,1H3,(H,24,26);1-2H3. The van der Waals surface area contributed by atoms with Gasteiger partial charge in [-0.3, -0.25) is 4.79 Å². The Balaban J connectivity index is 0.00000109. The third-order valence-electron chi connectivity index (χ3n) is 4.95. The van der Waals surface area contributed by atoms with Gasteiger partial charge < -0.3 is 10.3 Å². The number of rotatable bonds is 3. The molecule has 3 nitrogen and oxygen atoms in total. The molecule has 2 N–H and O–H groups in total. The Hall–Kier alpha value is -2.76. The molecule has 1 aliphatic rings. The SMILES string of the molecule is CC.CC(=O)NC1CC(c2c(-c3ccc(F)cc3)[nH]c3c(F)cc(F)cc23)C1. The van der Waals surface area contributed by atoms with Gasteiger partial charge in [-0.1, -0.05) is 13.8 Å². The summed E-state index contributed by atoms with van der Waals surface area (Å²) >= 11 is 0. The predicted octanol–water partition coefficient (Wildman–Crippen LogP) is 5.66. The monoisotopic (exact) mass is 388 g/mol. The van der Waals surface area contributed by atoms with Crippen LogP contribution in [0.4, 0.5) is 13.2 Å². The summed E-state index contributed by atoms with van der Waals surface area (Å²) in [6.45, 7) is 5.47. The molecule has 3 aromatic rings. The minimum absolute atomic E-state index is 0.0573. The zero-order valence-electron chi connectivity index (χ0n) is 16.1. The lowest BCUT2D eigenvalue weighted by atomic mass is 9.74. The molecule has 0 spiro atoms. The van der Waals surface area contributed by atoms with Crippen LogP contribution in [0.5, 0.6) is 0 Å². The number of halogens is 3. The molecule has 0 atom stereocenters. The van der Waals surface area contributed by atoms with E-state index in [2.05, 4.69) is 10.3 Å². The molecule has 1 amide bonds. The fourth-order valence-corrected chi connectivity index (χ4v) is 3.77. The second-order valence-corrected chi connectivity index (χ2v) is 6.80. The van der Waals surface area contributed by atoms with Gasteiger partial charge in [-0.05, 0) is 60.2 Å². The highest BCUT2D eigenvalue weighted by molar-refractivity contribution is 5.92. The van der Waals surface area contributed by atoms with Crippen LogP contribution >= 0.6 is 0 Å². The number of aromatic amines is 1. The maximum atomic E-state index is 14.3. The van der Waals surface area contributed by atoms with Crippen molar-refractivity contribution in [2.75, 3.05) is 0 Å². The maximum absolute atomic E-state index is 14.3. The average molecular weight is 388 g/mol. The van der Waals surface area contributed by atoms with Crippen LogP contribution in [-0.4, -0.2) is 16.9 Å². The highest BCUT2D eigenvalue weighted by Gasteiger charge is 2.35.